The lowest BCUT2D eigenvalue weighted by Gasteiger charge is -2.15. The smallest absolute Gasteiger partial charge is 0.306 e. The Balaban J connectivity index is 3.46. The lowest BCUT2D eigenvalue weighted by atomic mass is 10.0. The van der Waals surface area contributed by atoms with Gasteiger partial charge in [0, 0.05) is 12.8 Å². The average Bonchev–Trinajstić information content (AvgIpc) is 3.16. The number of aliphatic hydroxyl groups excluding tert-OH is 1. The summed E-state index contributed by atoms with van der Waals surface area (Å²) in [5, 5.41) is 9.60. The number of hydrogen-bond acceptors (Lipinski definition) is 5. The number of allylic oxidation sites excluding steroid dienone is 2. The number of esters is 2. The molecule has 314 valence electrons. The summed E-state index contributed by atoms with van der Waals surface area (Å²) in [6.45, 7) is 4.17. The van der Waals surface area contributed by atoms with Gasteiger partial charge in [-0.05, 0) is 38.5 Å². The van der Waals surface area contributed by atoms with E-state index in [1.165, 1.54) is 205 Å². The van der Waals surface area contributed by atoms with Gasteiger partial charge in [-0.3, -0.25) is 9.59 Å². The van der Waals surface area contributed by atoms with Crippen molar-refractivity contribution in [3.8, 4) is 0 Å². The van der Waals surface area contributed by atoms with Crippen LogP contribution in [0.2, 0.25) is 0 Å². The molecule has 0 aromatic rings. The van der Waals surface area contributed by atoms with Crippen molar-refractivity contribution in [1.82, 2.24) is 0 Å². The van der Waals surface area contributed by atoms with Crippen LogP contribution in [-0.4, -0.2) is 36.4 Å². The van der Waals surface area contributed by atoms with Gasteiger partial charge in [-0.2, -0.15) is 0 Å². The normalized spacial score (nSPS) is 12.1. The topological polar surface area (TPSA) is 72.8 Å². The minimum absolute atomic E-state index is 0.0591. The monoisotopic (exact) mass is 749 g/mol. The zero-order valence-corrected chi connectivity index (χ0v) is 35.8. The Labute approximate surface area is 331 Å². The summed E-state index contributed by atoms with van der Waals surface area (Å²) in [7, 11) is 0. The molecule has 0 unspecified atom stereocenters. The number of carbonyl (C=O) groups excluding carboxylic acids is 2. The van der Waals surface area contributed by atoms with Gasteiger partial charge < -0.3 is 14.6 Å². The Morgan fingerprint density at radius 2 is 0.698 bits per heavy atom. The van der Waals surface area contributed by atoms with Crippen molar-refractivity contribution in [1.29, 1.82) is 0 Å². The molecule has 0 amide bonds. The molecule has 5 nitrogen and oxygen atoms in total. The van der Waals surface area contributed by atoms with Crippen LogP contribution in [-0.2, 0) is 19.1 Å². The highest BCUT2D eigenvalue weighted by molar-refractivity contribution is 5.70. The fraction of sp³-hybridized carbons (Fsp3) is 0.917. The fourth-order valence-electron chi connectivity index (χ4n) is 7.20. The van der Waals surface area contributed by atoms with E-state index in [2.05, 4.69) is 26.0 Å². The van der Waals surface area contributed by atoms with Gasteiger partial charge in [-0.25, -0.2) is 0 Å². The van der Waals surface area contributed by atoms with E-state index in [0.29, 0.717) is 12.8 Å². The summed E-state index contributed by atoms with van der Waals surface area (Å²) >= 11 is 0. The van der Waals surface area contributed by atoms with Crippen molar-refractivity contribution in [2.24, 2.45) is 0 Å². The van der Waals surface area contributed by atoms with Crippen molar-refractivity contribution < 1.29 is 24.2 Å². The molecular formula is C48H92O5. The third-order valence-electron chi connectivity index (χ3n) is 10.8. The second-order valence-electron chi connectivity index (χ2n) is 16.2. The Hall–Kier alpha value is -1.36. The van der Waals surface area contributed by atoms with Crippen LogP contribution in [0.3, 0.4) is 0 Å². The Morgan fingerprint density at radius 3 is 1.02 bits per heavy atom. The summed E-state index contributed by atoms with van der Waals surface area (Å²) in [6, 6.07) is 0. The second-order valence-corrected chi connectivity index (χ2v) is 16.2. The van der Waals surface area contributed by atoms with Gasteiger partial charge in [-0.1, -0.05) is 225 Å². The Morgan fingerprint density at radius 1 is 0.415 bits per heavy atom. The third kappa shape index (κ3) is 43.2. The van der Waals surface area contributed by atoms with Crippen LogP contribution in [0.5, 0.6) is 0 Å². The highest BCUT2D eigenvalue weighted by Gasteiger charge is 2.16. The summed E-state index contributed by atoms with van der Waals surface area (Å²) in [5.74, 6) is -0.574. The maximum atomic E-state index is 12.2. The molecule has 0 saturated heterocycles. The Bertz CT molecular complexity index is 765. The van der Waals surface area contributed by atoms with Gasteiger partial charge in [0.25, 0.3) is 0 Å². The van der Waals surface area contributed by atoms with Gasteiger partial charge in [0.1, 0.15) is 6.61 Å². The number of hydrogen-bond donors (Lipinski definition) is 1. The molecule has 0 rings (SSSR count). The molecule has 0 fully saturated rings. The van der Waals surface area contributed by atoms with Crippen LogP contribution < -0.4 is 0 Å². The lowest BCUT2D eigenvalue weighted by Crippen LogP contribution is -2.28. The molecular weight excluding hydrogens is 657 g/mol. The number of ether oxygens (including phenoxy) is 2. The quantitative estimate of drug-likeness (QED) is 0.0381. The van der Waals surface area contributed by atoms with Crippen molar-refractivity contribution in [3.63, 3.8) is 0 Å². The SMILES string of the molecule is CCCCCCCC/C=C/CCCCCCCCCCCCCC(=O)O[C@@H](CO)COC(=O)CCCCCCCCCCCCCCCCCCCC. The predicted octanol–water partition coefficient (Wildman–Crippen LogP) is 15.2. The van der Waals surface area contributed by atoms with Gasteiger partial charge in [-0.15, -0.1) is 0 Å². The molecule has 1 N–H and O–H groups in total. The van der Waals surface area contributed by atoms with Crippen LogP contribution >= 0.6 is 0 Å². The van der Waals surface area contributed by atoms with Crippen LogP contribution in [0.25, 0.3) is 0 Å². The molecule has 5 heteroatoms. The molecule has 0 aliphatic heterocycles. The van der Waals surface area contributed by atoms with E-state index in [1.54, 1.807) is 0 Å². The van der Waals surface area contributed by atoms with Crippen molar-refractivity contribution in [2.45, 2.75) is 270 Å². The molecule has 0 aliphatic carbocycles. The van der Waals surface area contributed by atoms with E-state index in [1.807, 2.05) is 0 Å². The average molecular weight is 749 g/mol. The van der Waals surface area contributed by atoms with E-state index in [4.69, 9.17) is 9.47 Å². The summed E-state index contributed by atoms with van der Waals surface area (Å²) < 4.78 is 10.7. The molecule has 0 saturated carbocycles. The lowest BCUT2D eigenvalue weighted by molar-refractivity contribution is -0.161. The van der Waals surface area contributed by atoms with E-state index in [9.17, 15) is 14.7 Å². The number of rotatable bonds is 44. The first-order chi connectivity index (χ1) is 26.1. The van der Waals surface area contributed by atoms with Crippen molar-refractivity contribution in [2.75, 3.05) is 13.2 Å². The number of unbranched alkanes of at least 4 members (excludes halogenated alkanes) is 34. The third-order valence-corrected chi connectivity index (χ3v) is 10.8. The van der Waals surface area contributed by atoms with Gasteiger partial charge in [0.2, 0.25) is 0 Å². The zero-order valence-electron chi connectivity index (χ0n) is 35.8. The van der Waals surface area contributed by atoms with Gasteiger partial charge >= 0.3 is 11.9 Å². The molecule has 0 radical (unpaired) electrons. The zero-order chi connectivity index (χ0) is 38.6. The molecule has 1 atom stereocenters. The molecule has 0 aromatic heterocycles. The molecule has 0 aliphatic rings. The summed E-state index contributed by atoms with van der Waals surface area (Å²) in [6.07, 6.45) is 52.9. The summed E-state index contributed by atoms with van der Waals surface area (Å²) in [4.78, 5) is 24.4. The van der Waals surface area contributed by atoms with Crippen LogP contribution in [0, 0.1) is 0 Å². The van der Waals surface area contributed by atoms with Crippen LogP contribution in [0.4, 0.5) is 0 Å². The van der Waals surface area contributed by atoms with Crippen molar-refractivity contribution >= 4 is 11.9 Å². The molecule has 53 heavy (non-hydrogen) atoms. The predicted molar refractivity (Wildman–Crippen MR) is 228 cm³/mol. The highest BCUT2D eigenvalue weighted by atomic mass is 16.6. The molecule has 0 bridgehead atoms. The fourth-order valence-corrected chi connectivity index (χ4v) is 7.20. The minimum atomic E-state index is -0.766. The minimum Gasteiger partial charge on any atom is -0.462 e. The molecule has 0 spiro atoms. The highest BCUT2D eigenvalue weighted by Crippen LogP contribution is 2.16. The van der Waals surface area contributed by atoms with E-state index in [-0.39, 0.29) is 25.2 Å². The standard InChI is InChI=1S/C48H92O5/c1-3-5-7-9-11-13-15-17-19-21-23-24-25-27-29-31-33-35-37-39-41-43-48(51)53-46(44-49)45-52-47(50)42-40-38-36-34-32-30-28-26-22-20-18-16-14-12-10-8-6-4-2/h17,19,46,49H,3-16,18,20-45H2,1-2H3/b19-17+/t46-/m0/s1. The number of carbonyl (C=O) groups is 2. The first kappa shape index (κ1) is 51.6. The van der Waals surface area contributed by atoms with Gasteiger partial charge in [0.05, 0.1) is 6.61 Å². The van der Waals surface area contributed by atoms with E-state index >= 15 is 0 Å². The largest absolute Gasteiger partial charge is 0.462 e. The van der Waals surface area contributed by atoms with Crippen LogP contribution in [0.1, 0.15) is 264 Å². The van der Waals surface area contributed by atoms with Crippen molar-refractivity contribution in [3.05, 3.63) is 12.2 Å². The van der Waals surface area contributed by atoms with Gasteiger partial charge in [0.15, 0.2) is 6.10 Å². The van der Waals surface area contributed by atoms with Crippen LogP contribution in [0.15, 0.2) is 12.2 Å². The summed E-state index contributed by atoms with van der Waals surface area (Å²) in [5.41, 5.74) is 0. The first-order valence-electron chi connectivity index (χ1n) is 23.7. The van der Waals surface area contributed by atoms with E-state index in [0.717, 1.165) is 32.1 Å². The number of aliphatic hydroxyl groups is 1. The van der Waals surface area contributed by atoms with E-state index < -0.39 is 6.10 Å². The second kappa shape index (κ2) is 45.0. The molecule has 0 heterocycles. The maximum absolute atomic E-state index is 12.2. The maximum Gasteiger partial charge on any atom is 0.306 e. The Kier molecular flexibility index (Phi) is 43.9. The first-order valence-corrected chi connectivity index (χ1v) is 23.7. The molecule has 0 aromatic carbocycles.